The van der Waals surface area contributed by atoms with E-state index in [0.717, 1.165) is 4.90 Å². The highest BCUT2D eigenvalue weighted by Crippen LogP contribution is 2.37. The number of ether oxygens (including phenoxy) is 1. The van der Waals surface area contributed by atoms with E-state index in [1.165, 1.54) is 32.2 Å². The van der Waals surface area contributed by atoms with Crippen molar-refractivity contribution in [3.8, 4) is 5.75 Å². The highest BCUT2D eigenvalue weighted by atomic mass is 35.5. The lowest BCUT2D eigenvalue weighted by atomic mass is 10.2. The number of amides is 2. The van der Waals surface area contributed by atoms with Crippen LogP contribution in [0.2, 0.25) is 10.0 Å². The second kappa shape index (κ2) is 6.82. The van der Waals surface area contributed by atoms with Crippen molar-refractivity contribution in [1.29, 1.82) is 0 Å². The zero-order chi connectivity index (χ0) is 17.3. The average Bonchev–Trinajstić information content (AvgIpc) is 2.77. The minimum atomic E-state index is -1.02. The smallest absolute Gasteiger partial charge is 0.328 e. The minimum Gasteiger partial charge on any atom is -0.505 e. The highest BCUT2D eigenvalue weighted by molar-refractivity contribution is 8.18. The Kier molecular flexibility index (Phi) is 5.23. The maximum Gasteiger partial charge on any atom is 0.328 e. The number of carbonyl (C=O) groups is 3. The molecular formula is C14H11Cl2NO5S. The second-order valence-corrected chi connectivity index (χ2v) is 6.39. The van der Waals surface area contributed by atoms with Gasteiger partial charge in [0.05, 0.1) is 22.1 Å². The number of esters is 1. The predicted molar refractivity (Wildman–Crippen MR) is 87.4 cm³/mol. The summed E-state index contributed by atoms with van der Waals surface area (Å²) in [6.07, 6.45) is 1.41. The number of carbonyl (C=O) groups excluding carboxylic acids is 3. The molecule has 1 atom stereocenters. The van der Waals surface area contributed by atoms with Crippen LogP contribution in [0, 0.1) is 0 Å². The lowest BCUT2D eigenvalue weighted by molar-refractivity contribution is -0.148. The summed E-state index contributed by atoms with van der Waals surface area (Å²) < 4.78 is 4.54. The Balaban J connectivity index is 2.34. The number of hydrogen-bond donors (Lipinski definition) is 1. The molecule has 1 aliphatic rings. The van der Waals surface area contributed by atoms with Crippen molar-refractivity contribution in [2.24, 2.45) is 0 Å². The number of phenolic OH excluding ortho intramolecular Hbond substituents is 1. The van der Waals surface area contributed by atoms with Gasteiger partial charge in [0.15, 0.2) is 5.75 Å². The molecule has 23 heavy (non-hydrogen) atoms. The number of hydrogen-bond acceptors (Lipinski definition) is 6. The average molecular weight is 376 g/mol. The third-order valence-corrected chi connectivity index (χ3v) is 4.55. The van der Waals surface area contributed by atoms with E-state index in [-0.39, 0.29) is 20.7 Å². The number of nitrogens with zero attached hydrogens (tertiary/aromatic N) is 1. The standard InChI is InChI=1S/C14H11Cl2NO5S/c1-6(13(20)22-2)17-12(19)10(23-14(17)21)5-7-3-8(15)11(18)9(16)4-7/h3-6,18H,1-2H3/b10-5+/t6-/m0/s1. The highest BCUT2D eigenvalue weighted by Gasteiger charge is 2.41. The molecule has 0 aliphatic carbocycles. The first kappa shape index (κ1) is 17.7. The summed E-state index contributed by atoms with van der Waals surface area (Å²) in [6.45, 7) is 1.40. The lowest BCUT2D eigenvalue weighted by Gasteiger charge is -2.18. The number of benzene rings is 1. The number of thioether (sulfide) groups is 1. The van der Waals surface area contributed by atoms with Crippen LogP contribution in [0.5, 0.6) is 5.75 Å². The van der Waals surface area contributed by atoms with Gasteiger partial charge in [0.1, 0.15) is 6.04 Å². The van der Waals surface area contributed by atoms with Gasteiger partial charge < -0.3 is 9.84 Å². The van der Waals surface area contributed by atoms with Gasteiger partial charge in [-0.15, -0.1) is 0 Å². The van der Waals surface area contributed by atoms with Crippen molar-refractivity contribution < 1.29 is 24.2 Å². The fourth-order valence-corrected chi connectivity index (χ4v) is 3.32. The minimum absolute atomic E-state index is 0.0194. The molecule has 1 aromatic carbocycles. The summed E-state index contributed by atoms with van der Waals surface area (Å²) in [5.41, 5.74) is 0.439. The third kappa shape index (κ3) is 3.46. The molecular weight excluding hydrogens is 365 g/mol. The molecule has 1 N–H and O–H groups in total. The topological polar surface area (TPSA) is 83.9 Å². The summed E-state index contributed by atoms with van der Waals surface area (Å²) in [7, 11) is 1.17. The van der Waals surface area contributed by atoms with Gasteiger partial charge in [0.2, 0.25) is 0 Å². The zero-order valence-electron chi connectivity index (χ0n) is 12.0. The van der Waals surface area contributed by atoms with E-state index < -0.39 is 23.2 Å². The maximum atomic E-state index is 12.3. The van der Waals surface area contributed by atoms with Gasteiger partial charge in [-0.05, 0) is 42.5 Å². The van der Waals surface area contributed by atoms with Crippen LogP contribution < -0.4 is 0 Å². The van der Waals surface area contributed by atoms with Crippen molar-refractivity contribution in [2.45, 2.75) is 13.0 Å². The predicted octanol–water partition coefficient (Wildman–Crippen LogP) is 3.30. The van der Waals surface area contributed by atoms with E-state index in [1.807, 2.05) is 0 Å². The van der Waals surface area contributed by atoms with Crippen LogP contribution in [-0.2, 0) is 14.3 Å². The molecule has 0 saturated carbocycles. The summed E-state index contributed by atoms with van der Waals surface area (Å²) in [6, 6.07) is 1.78. The van der Waals surface area contributed by atoms with Gasteiger partial charge in [0.25, 0.3) is 11.1 Å². The monoisotopic (exact) mass is 375 g/mol. The molecule has 2 amide bonds. The number of rotatable bonds is 3. The normalized spacial score (nSPS) is 17.7. The van der Waals surface area contributed by atoms with Gasteiger partial charge in [-0.3, -0.25) is 14.5 Å². The molecule has 1 saturated heterocycles. The van der Waals surface area contributed by atoms with Crippen LogP contribution in [-0.4, -0.2) is 40.3 Å². The summed E-state index contributed by atoms with van der Waals surface area (Å²) >= 11 is 12.3. The summed E-state index contributed by atoms with van der Waals surface area (Å²) in [4.78, 5) is 36.7. The molecule has 6 nitrogen and oxygen atoms in total. The van der Waals surface area contributed by atoms with Crippen LogP contribution in [0.1, 0.15) is 12.5 Å². The van der Waals surface area contributed by atoms with Crippen LogP contribution in [0.25, 0.3) is 6.08 Å². The molecule has 122 valence electrons. The quantitative estimate of drug-likeness (QED) is 0.644. The van der Waals surface area contributed by atoms with E-state index in [2.05, 4.69) is 4.74 Å². The van der Waals surface area contributed by atoms with E-state index in [1.54, 1.807) is 0 Å². The van der Waals surface area contributed by atoms with Crippen molar-refractivity contribution in [3.05, 3.63) is 32.6 Å². The van der Waals surface area contributed by atoms with E-state index >= 15 is 0 Å². The first-order valence-corrected chi connectivity index (χ1v) is 7.86. The fourth-order valence-electron chi connectivity index (χ4n) is 1.91. The molecule has 0 radical (unpaired) electrons. The van der Waals surface area contributed by atoms with Crippen LogP contribution in [0.15, 0.2) is 17.0 Å². The van der Waals surface area contributed by atoms with E-state index in [4.69, 9.17) is 23.2 Å². The Morgan fingerprint density at radius 2 is 1.91 bits per heavy atom. The van der Waals surface area contributed by atoms with Crippen LogP contribution in [0.4, 0.5) is 4.79 Å². The molecule has 9 heteroatoms. The van der Waals surface area contributed by atoms with Gasteiger partial charge in [-0.1, -0.05) is 23.2 Å². The number of aromatic hydroxyl groups is 1. The van der Waals surface area contributed by atoms with E-state index in [9.17, 15) is 19.5 Å². The van der Waals surface area contributed by atoms with Crippen LogP contribution in [0.3, 0.4) is 0 Å². The van der Waals surface area contributed by atoms with Gasteiger partial charge >= 0.3 is 5.97 Å². The fraction of sp³-hybridized carbons (Fsp3) is 0.214. The maximum absolute atomic E-state index is 12.3. The number of methoxy groups -OCH3 is 1. The third-order valence-electron chi connectivity index (χ3n) is 3.09. The molecule has 1 aromatic rings. The Labute approximate surface area is 146 Å². The zero-order valence-corrected chi connectivity index (χ0v) is 14.3. The van der Waals surface area contributed by atoms with Crippen molar-refractivity contribution in [3.63, 3.8) is 0 Å². The molecule has 2 rings (SSSR count). The molecule has 1 fully saturated rings. The van der Waals surface area contributed by atoms with E-state index in [0.29, 0.717) is 17.3 Å². The van der Waals surface area contributed by atoms with Gasteiger partial charge in [-0.25, -0.2) is 4.79 Å². The SMILES string of the molecule is COC(=O)[C@H](C)N1C(=O)S/C(=C/c2cc(Cl)c(O)c(Cl)c2)C1=O. The summed E-state index contributed by atoms with van der Waals surface area (Å²) in [5, 5.41) is 8.98. The Bertz CT molecular complexity index is 711. The van der Waals surface area contributed by atoms with Gasteiger partial charge in [0, 0.05) is 0 Å². The number of imide groups is 1. The summed E-state index contributed by atoms with van der Waals surface area (Å²) in [5.74, 6) is -1.57. The van der Waals surface area contributed by atoms with Crippen molar-refractivity contribution in [1.82, 2.24) is 4.90 Å². The molecule has 1 aliphatic heterocycles. The Morgan fingerprint density at radius 3 is 2.43 bits per heavy atom. The molecule has 0 unspecified atom stereocenters. The molecule has 0 spiro atoms. The number of phenols is 1. The lowest BCUT2D eigenvalue weighted by Crippen LogP contribution is -2.42. The number of halogens is 2. The first-order valence-electron chi connectivity index (χ1n) is 6.29. The molecule has 1 heterocycles. The second-order valence-electron chi connectivity index (χ2n) is 4.58. The van der Waals surface area contributed by atoms with Crippen LogP contribution >= 0.6 is 35.0 Å². The van der Waals surface area contributed by atoms with Crippen molar-refractivity contribution in [2.75, 3.05) is 7.11 Å². The van der Waals surface area contributed by atoms with Gasteiger partial charge in [-0.2, -0.15) is 0 Å². The molecule has 0 bridgehead atoms. The Morgan fingerprint density at radius 1 is 1.35 bits per heavy atom. The Hall–Kier alpha value is -1.70. The molecule has 0 aromatic heterocycles. The largest absolute Gasteiger partial charge is 0.505 e. The van der Waals surface area contributed by atoms with Crippen molar-refractivity contribution >= 4 is 58.2 Å². The first-order chi connectivity index (χ1) is 10.8.